The van der Waals surface area contributed by atoms with Crippen molar-refractivity contribution in [3.63, 3.8) is 0 Å². The molecular weight excluding hydrogens is 266 g/mol. The lowest BCUT2D eigenvalue weighted by Crippen LogP contribution is -2.22. The summed E-state index contributed by atoms with van der Waals surface area (Å²) in [7, 11) is 0. The third-order valence-electron chi connectivity index (χ3n) is 3.61. The zero-order valence-electron chi connectivity index (χ0n) is 12.0. The van der Waals surface area contributed by atoms with Gasteiger partial charge in [0.1, 0.15) is 23.7 Å². The lowest BCUT2D eigenvalue weighted by atomic mass is 10.1. The highest BCUT2D eigenvalue weighted by Crippen LogP contribution is 2.37. The number of para-hydroxylation sites is 2. The van der Waals surface area contributed by atoms with E-state index in [0.717, 1.165) is 42.2 Å². The average Bonchev–Trinajstić information content (AvgIpc) is 2.76. The van der Waals surface area contributed by atoms with Crippen LogP contribution in [0, 0.1) is 0 Å². The van der Waals surface area contributed by atoms with Crippen molar-refractivity contribution in [2.45, 2.75) is 19.8 Å². The molecule has 0 unspecified atom stereocenters. The molecule has 21 heavy (non-hydrogen) atoms. The molecule has 2 aromatic rings. The molecule has 0 saturated carbocycles. The Balaban J connectivity index is 2.12. The summed E-state index contributed by atoms with van der Waals surface area (Å²) in [5.74, 6) is 8.01. The topological polar surface area (TPSA) is 76.3 Å². The Hall–Kier alpha value is -2.34. The van der Waals surface area contributed by atoms with Gasteiger partial charge in [-0.1, -0.05) is 19.1 Å². The quantitative estimate of drug-likeness (QED) is 0.665. The molecular formula is C15H19N5O. The van der Waals surface area contributed by atoms with Gasteiger partial charge in [-0.05, 0) is 25.0 Å². The highest BCUT2D eigenvalue weighted by Gasteiger charge is 2.22. The Morgan fingerprint density at radius 1 is 1.33 bits per heavy atom. The highest BCUT2D eigenvalue weighted by molar-refractivity contribution is 5.71. The first kappa shape index (κ1) is 13.6. The monoisotopic (exact) mass is 285 g/mol. The third kappa shape index (κ3) is 2.50. The number of nitrogens with two attached hydrogens (primary N) is 1. The smallest absolute Gasteiger partial charge is 0.148 e. The molecule has 0 amide bonds. The molecule has 3 rings (SSSR count). The van der Waals surface area contributed by atoms with Crippen LogP contribution in [-0.4, -0.2) is 23.1 Å². The van der Waals surface area contributed by atoms with Gasteiger partial charge in [-0.2, -0.15) is 0 Å². The summed E-state index contributed by atoms with van der Waals surface area (Å²) in [6.07, 6.45) is 3.28. The molecule has 0 radical (unpaired) electrons. The molecule has 1 aromatic heterocycles. The van der Waals surface area contributed by atoms with Gasteiger partial charge in [-0.3, -0.25) is 0 Å². The van der Waals surface area contributed by atoms with E-state index >= 15 is 0 Å². The number of benzene rings is 1. The summed E-state index contributed by atoms with van der Waals surface area (Å²) in [6, 6.07) is 8.03. The lowest BCUT2D eigenvalue weighted by Gasteiger charge is -2.25. The Bertz CT molecular complexity index is 631. The predicted molar refractivity (Wildman–Crippen MR) is 82.8 cm³/mol. The summed E-state index contributed by atoms with van der Waals surface area (Å²) >= 11 is 0. The number of ether oxygens (including phenoxy) is 1. The molecule has 0 fully saturated rings. The Morgan fingerprint density at radius 3 is 3.00 bits per heavy atom. The predicted octanol–water partition coefficient (Wildman–Crippen LogP) is 2.25. The van der Waals surface area contributed by atoms with Gasteiger partial charge >= 0.3 is 0 Å². The molecule has 6 heteroatoms. The Kier molecular flexibility index (Phi) is 3.87. The minimum atomic E-state index is 0.671. The van der Waals surface area contributed by atoms with Crippen LogP contribution in [0.3, 0.4) is 0 Å². The van der Waals surface area contributed by atoms with Gasteiger partial charge in [0.2, 0.25) is 0 Å². The molecule has 3 N–H and O–H groups in total. The number of nitrogens with zero attached hydrogens (tertiary/aromatic N) is 3. The second kappa shape index (κ2) is 5.97. The van der Waals surface area contributed by atoms with E-state index in [4.69, 9.17) is 10.6 Å². The first-order valence-corrected chi connectivity index (χ1v) is 7.15. The van der Waals surface area contributed by atoms with Crippen LogP contribution in [0.25, 0.3) is 0 Å². The van der Waals surface area contributed by atoms with Gasteiger partial charge in [0.15, 0.2) is 0 Å². The largest absolute Gasteiger partial charge is 0.491 e. The van der Waals surface area contributed by atoms with Crippen LogP contribution >= 0.6 is 0 Å². The SMILES string of the molecule is CCc1c(NN)ncnc1N1CCCOc2ccccc21. The minimum Gasteiger partial charge on any atom is -0.491 e. The molecule has 0 atom stereocenters. The van der Waals surface area contributed by atoms with Gasteiger partial charge in [0.05, 0.1) is 12.3 Å². The van der Waals surface area contributed by atoms with E-state index in [1.54, 1.807) is 0 Å². The first-order chi connectivity index (χ1) is 10.3. The number of anilines is 3. The van der Waals surface area contributed by atoms with Crippen LogP contribution in [-0.2, 0) is 6.42 Å². The highest BCUT2D eigenvalue weighted by atomic mass is 16.5. The summed E-state index contributed by atoms with van der Waals surface area (Å²) in [6.45, 7) is 3.64. The number of nitrogens with one attached hydrogen (secondary N) is 1. The third-order valence-corrected chi connectivity index (χ3v) is 3.61. The van der Waals surface area contributed by atoms with E-state index in [0.29, 0.717) is 12.4 Å². The van der Waals surface area contributed by atoms with Gasteiger partial charge in [-0.15, -0.1) is 0 Å². The molecule has 110 valence electrons. The Morgan fingerprint density at radius 2 is 2.19 bits per heavy atom. The van der Waals surface area contributed by atoms with Crippen molar-refractivity contribution in [3.05, 3.63) is 36.2 Å². The zero-order chi connectivity index (χ0) is 14.7. The summed E-state index contributed by atoms with van der Waals surface area (Å²) in [5.41, 5.74) is 4.70. The molecule has 1 aromatic carbocycles. The number of rotatable bonds is 3. The van der Waals surface area contributed by atoms with Crippen LogP contribution in [0.5, 0.6) is 5.75 Å². The first-order valence-electron chi connectivity index (χ1n) is 7.15. The number of nitrogen functional groups attached to an aromatic ring is 1. The van der Waals surface area contributed by atoms with Crippen molar-refractivity contribution < 1.29 is 4.74 Å². The normalized spacial score (nSPS) is 14.1. The second-order valence-corrected chi connectivity index (χ2v) is 4.84. The second-order valence-electron chi connectivity index (χ2n) is 4.84. The average molecular weight is 285 g/mol. The molecule has 1 aliphatic rings. The van der Waals surface area contributed by atoms with Crippen LogP contribution in [0.15, 0.2) is 30.6 Å². The summed E-state index contributed by atoms with van der Waals surface area (Å²) in [5, 5.41) is 0. The molecule has 2 heterocycles. The van der Waals surface area contributed by atoms with E-state index in [-0.39, 0.29) is 0 Å². The van der Waals surface area contributed by atoms with E-state index in [1.807, 2.05) is 18.2 Å². The van der Waals surface area contributed by atoms with Crippen molar-refractivity contribution in [1.82, 2.24) is 9.97 Å². The van der Waals surface area contributed by atoms with Gasteiger partial charge < -0.3 is 15.1 Å². The fourth-order valence-electron chi connectivity index (χ4n) is 2.63. The van der Waals surface area contributed by atoms with Crippen LogP contribution < -0.4 is 20.9 Å². The van der Waals surface area contributed by atoms with E-state index < -0.39 is 0 Å². The van der Waals surface area contributed by atoms with E-state index in [9.17, 15) is 0 Å². The van der Waals surface area contributed by atoms with Gasteiger partial charge in [0.25, 0.3) is 0 Å². The summed E-state index contributed by atoms with van der Waals surface area (Å²) in [4.78, 5) is 10.9. The number of hydrogen-bond donors (Lipinski definition) is 2. The van der Waals surface area contributed by atoms with Crippen molar-refractivity contribution >= 4 is 17.3 Å². The van der Waals surface area contributed by atoms with Crippen LogP contribution in [0.1, 0.15) is 18.9 Å². The van der Waals surface area contributed by atoms with Crippen LogP contribution in [0.4, 0.5) is 17.3 Å². The zero-order valence-corrected chi connectivity index (χ0v) is 12.0. The van der Waals surface area contributed by atoms with Gasteiger partial charge in [0, 0.05) is 12.1 Å². The van der Waals surface area contributed by atoms with E-state index in [1.165, 1.54) is 6.33 Å². The molecule has 6 nitrogen and oxygen atoms in total. The molecule has 1 aliphatic heterocycles. The maximum absolute atomic E-state index is 5.80. The van der Waals surface area contributed by atoms with Crippen molar-refractivity contribution in [2.75, 3.05) is 23.5 Å². The standard InChI is InChI=1S/C15H19N5O/c1-2-11-14(19-16)17-10-18-15(11)20-8-5-9-21-13-7-4-3-6-12(13)20/h3-4,6-7,10H,2,5,8-9,16H2,1H3,(H,17,18,19). The molecule has 0 spiro atoms. The van der Waals surface area contributed by atoms with Crippen molar-refractivity contribution in [3.8, 4) is 5.75 Å². The molecule has 0 saturated heterocycles. The number of hydrazine groups is 1. The lowest BCUT2D eigenvalue weighted by molar-refractivity contribution is 0.322. The van der Waals surface area contributed by atoms with Crippen molar-refractivity contribution in [1.29, 1.82) is 0 Å². The minimum absolute atomic E-state index is 0.671. The fourth-order valence-corrected chi connectivity index (χ4v) is 2.63. The molecule has 0 aliphatic carbocycles. The number of aromatic nitrogens is 2. The number of hydrogen-bond acceptors (Lipinski definition) is 6. The maximum Gasteiger partial charge on any atom is 0.148 e. The van der Waals surface area contributed by atoms with Gasteiger partial charge in [-0.25, -0.2) is 15.8 Å². The van der Waals surface area contributed by atoms with Crippen LogP contribution in [0.2, 0.25) is 0 Å². The fraction of sp³-hybridized carbons (Fsp3) is 0.333. The summed E-state index contributed by atoms with van der Waals surface area (Å²) < 4.78 is 5.80. The number of fused-ring (bicyclic) bond motifs is 1. The van der Waals surface area contributed by atoms with E-state index in [2.05, 4.69) is 33.3 Å². The maximum atomic E-state index is 5.80. The Labute approximate surface area is 123 Å². The molecule has 0 bridgehead atoms. The van der Waals surface area contributed by atoms with Crippen molar-refractivity contribution in [2.24, 2.45) is 5.84 Å².